The Hall–Kier alpha value is -0.450. The highest BCUT2D eigenvalue weighted by Gasteiger charge is 2.04. The average molecular weight is 260 g/mol. The first-order valence-electron chi connectivity index (χ1n) is 5.56. The largest absolute Gasteiger partial charge is 0.310 e. The molecule has 0 aromatic carbocycles. The lowest BCUT2D eigenvalue weighted by molar-refractivity contribution is 0.454. The summed E-state index contributed by atoms with van der Waals surface area (Å²) in [4.78, 5) is 4.08. The number of hydrogen-bond donors (Lipinski definition) is 1. The van der Waals surface area contributed by atoms with Crippen LogP contribution >= 0.6 is 23.1 Å². The summed E-state index contributed by atoms with van der Waals surface area (Å²) < 4.78 is 4.62. The van der Waals surface area contributed by atoms with E-state index < -0.39 is 0 Å². The van der Waals surface area contributed by atoms with E-state index in [9.17, 15) is 0 Å². The molecule has 5 heteroatoms. The Morgan fingerprint density at radius 1 is 1.62 bits per heavy atom. The molecule has 0 amide bonds. The molecule has 0 bridgehead atoms. The van der Waals surface area contributed by atoms with E-state index in [2.05, 4.69) is 28.2 Å². The van der Waals surface area contributed by atoms with Crippen LogP contribution in [-0.2, 0) is 6.54 Å². The van der Waals surface area contributed by atoms with E-state index >= 15 is 0 Å². The molecule has 0 radical (unpaired) electrons. The van der Waals surface area contributed by atoms with Crippen LogP contribution in [0.15, 0.2) is 12.7 Å². The lowest BCUT2D eigenvalue weighted by atomic mass is 9.99. The minimum absolute atomic E-state index is 0.509. The Balaban J connectivity index is 2.13. The average Bonchev–Trinajstić information content (AvgIpc) is 2.69. The molecular weight excluding hydrogens is 242 g/mol. The van der Waals surface area contributed by atoms with Gasteiger partial charge in [0.1, 0.15) is 0 Å². The zero-order valence-corrected chi connectivity index (χ0v) is 11.2. The fourth-order valence-corrected chi connectivity index (χ4v) is 2.17. The van der Waals surface area contributed by atoms with Gasteiger partial charge >= 0.3 is 0 Å². The van der Waals surface area contributed by atoms with Gasteiger partial charge in [0, 0.05) is 0 Å². The van der Waals surface area contributed by atoms with Gasteiger partial charge < -0.3 is 5.32 Å². The number of rotatable bonds is 8. The SMILES string of the molecule is C=CCC(CC)CCNCc1nsc(Cl)n1. The normalized spacial score (nSPS) is 12.6. The molecule has 1 unspecified atom stereocenters. The lowest BCUT2D eigenvalue weighted by Gasteiger charge is -2.12. The fraction of sp³-hybridized carbons (Fsp3) is 0.636. The van der Waals surface area contributed by atoms with Crippen molar-refractivity contribution in [3.05, 3.63) is 22.9 Å². The van der Waals surface area contributed by atoms with Gasteiger partial charge in [-0.1, -0.05) is 19.4 Å². The van der Waals surface area contributed by atoms with Gasteiger partial charge in [0.15, 0.2) is 5.82 Å². The number of aromatic nitrogens is 2. The second-order valence-corrected chi connectivity index (χ2v) is 5.06. The number of halogens is 1. The number of nitrogens with zero attached hydrogens (tertiary/aromatic N) is 2. The van der Waals surface area contributed by atoms with Gasteiger partial charge in [-0.05, 0) is 48.4 Å². The summed E-state index contributed by atoms with van der Waals surface area (Å²) in [5.41, 5.74) is 0. The van der Waals surface area contributed by atoms with Crippen molar-refractivity contribution in [3.8, 4) is 0 Å². The van der Waals surface area contributed by atoms with Crippen LogP contribution in [0.25, 0.3) is 0 Å². The van der Waals surface area contributed by atoms with E-state index in [0.29, 0.717) is 11.0 Å². The van der Waals surface area contributed by atoms with Crippen molar-refractivity contribution >= 4 is 23.1 Å². The van der Waals surface area contributed by atoms with Gasteiger partial charge in [-0.2, -0.15) is 4.37 Å². The van der Waals surface area contributed by atoms with Crippen LogP contribution < -0.4 is 5.32 Å². The predicted molar refractivity (Wildman–Crippen MR) is 69.8 cm³/mol. The molecule has 1 heterocycles. The van der Waals surface area contributed by atoms with Gasteiger partial charge in [0.2, 0.25) is 4.47 Å². The summed E-state index contributed by atoms with van der Waals surface area (Å²) in [5.74, 6) is 1.52. The molecule has 0 saturated heterocycles. The molecule has 0 aliphatic rings. The molecule has 1 aromatic rings. The summed E-state index contributed by atoms with van der Waals surface area (Å²) in [5, 5.41) is 3.33. The zero-order chi connectivity index (χ0) is 11.8. The molecule has 0 fully saturated rings. The van der Waals surface area contributed by atoms with E-state index in [1.807, 2.05) is 6.08 Å². The number of hydrogen-bond acceptors (Lipinski definition) is 4. The third kappa shape index (κ3) is 5.05. The van der Waals surface area contributed by atoms with Crippen molar-refractivity contribution in [1.82, 2.24) is 14.7 Å². The quantitative estimate of drug-likeness (QED) is 0.575. The van der Waals surface area contributed by atoms with E-state index in [0.717, 1.165) is 24.7 Å². The standard InChI is InChI=1S/C11H18ClN3S/c1-3-5-9(4-2)6-7-13-8-10-14-11(12)16-15-10/h3,9,13H,1,4-8H2,2H3. The van der Waals surface area contributed by atoms with E-state index in [1.165, 1.54) is 24.4 Å². The van der Waals surface area contributed by atoms with Crippen LogP contribution in [0.2, 0.25) is 4.47 Å². The van der Waals surface area contributed by atoms with Crippen molar-refractivity contribution in [2.75, 3.05) is 6.54 Å². The topological polar surface area (TPSA) is 37.8 Å². The maximum Gasteiger partial charge on any atom is 0.203 e. The van der Waals surface area contributed by atoms with Crippen LogP contribution in [-0.4, -0.2) is 15.9 Å². The molecule has 0 spiro atoms. The van der Waals surface area contributed by atoms with Crippen LogP contribution in [0.1, 0.15) is 32.0 Å². The first-order chi connectivity index (χ1) is 7.76. The highest BCUT2D eigenvalue weighted by atomic mass is 35.5. The molecule has 1 aromatic heterocycles. The molecule has 90 valence electrons. The van der Waals surface area contributed by atoms with Gasteiger partial charge in [-0.25, -0.2) is 4.98 Å². The van der Waals surface area contributed by atoms with Crippen LogP contribution in [0.5, 0.6) is 0 Å². The third-order valence-electron chi connectivity index (χ3n) is 2.53. The molecule has 16 heavy (non-hydrogen) atoms. The Labute approximate surface area is 106 Å². The Morgan fingerprint density at radius 3 is 3.00 bits per heavy atom. The molecule has 1 atom stereocenters. The van der Waals surface area contributed by atoms with Gasteiger partial charge in [-0.3, -0.25) is 0 Å². The Bertz CT molecular complexity index is 314. The second-order valence-electron chi connectivity index (χ2n) is 3.73. The Kier molecular flexibility index (Phi) is 6.61. The summed E-state index contributed by atoms with van der Waals surface area (Å²) in [6, 6.07) is 0. The molecule has 0 aliphatic carbocycles. The highest BCUT2D eigenvalue weighted by molar-refractivity contribution is 7.10. The van der Waals surface area contributed by atoms with Crippen LogP contribution in [0.3, 0.4) is 0 Å². The lowest BCUT2D eigenvalue weighted by Crippen LogP contribution is -2.18. The number of nitrogens with one attached hydrogen (secondary N) is 1. The maximum absolute atomic E-state index is 5.69. The van der Waals surface area contributed by atoms with Crippen molar-refractivity contribution in [3.63, 3.8) is 0 Å². The van der Waals surface area contributed by atoms with Crippen molar-refractivity contribution in [2.45, 2.75) is 32.7 Å². The van der Waals surface area contributed by atoms with E-state index in [-0.39, 0.29) is 0 Å². The van der Waals surface area contributed by atoms with E-state index in [4.69, 9.17) is 11.6 Å². The molecular formula is C11H18ClN3S. The smallest absolute Gasteiger partial charge is 0.203 e. The van der Waals surface area contributed by atoms with Crippen LogP contribution in [0.4, 0.5) is 0 Å². The minimum atomic E-state index is 0.509. The van der Waals surface area contributed by atoms with Crippen LogP contribution in [0, 0.1) is 5.92 Å². The first-order valence-corrected chi connectivity index (χ1v) is 6.71. The summed E-state index contributed by atoms with van der Waals surface area (Å²) in [6.07, 6.45) is 5.46. The number of allylic oxidation sites excluding steroid dienone is 1. The summed E-state index contributed by atoms with van der Waals surface area (Å²) in [6.45, 7) is 7.68. The maximum atomic E-state index is 5.69. The molecule has 0 aliphatic heterocycles. The monoisotopic (exact) mass is 259 g/mol. The first kappa shape index (κ1) is 13.6. The Morgan fingerprint density at radius 2 is 2.44 bits per heavy atom. The van der Waals surface area contributed by atoms with Gasteiger partial charge in [-0.15, -0.1) is 6.58 Å². The van der Waals surface area contributed by atoms with E-state index in [1.54, 1.807) is 0 Å². The molecule has 1 rings (SSSR count). The van der Waals surface area contributed by atoms with Gasteiger partial charge in [0.25, 0.3) is 0 Å². The fourth-order valence-electron chi connectivity index (χ4n) is 1.54. The summed E-state index contributed by atoms with van der Waals surface area (Å²) in [7, 11) is 0. The van der Waals surface area contributed by atoms with Crippen molar-refractivity contribution in [2.24, 2.45) is 5.92 Å². The summed E-state index contributed by atoms with van der Waals surface area (Å²) >= 11 is 6.93. The second kappa shape index (κ2) is 7.76. The predicted octanol–water partition coefficient (Wildman–Crippen LogP) is 3.27. The minimum Gasteiger partial charge on any atom is -0.310 e. The molecule has 1 N–H and O–H groups in total. The van der Waals surface area contributed by atoms with Crippen molar-refractivity contribution in [1.29, 1.82) is 0 Å². The molecule has 3 nitrogen and oxygen atoms in total. The highest BCUT2D eigenvalue weighted by Crippen LogP contribution is 2.13. The van der Waals surface area contributed by atoms with Crippen molar-refractivity contribution < 1.29 is 0 Å². The zero-order valence-electron chi connectivity index (χ0n) is 9.58. The third-order valence-corrected chi connectivity index (χ3v) is 3.37. The van der Waals surface area contributed by atoms with Gasteiger partial charge in [0.05, 0.1) is 6.54 Å². The molecule has 0 saturated carbocycles.